The lowest BCUT2D eigenvalue weighted by Gasteiger charge is -2.15. The minimum Gasteiger partial charge on any atom is -0.508 e. The predicted molar refractivity (Wildman–Crippen MR) is 415 cm³/mol. The standard InChI is InChI=1S/C35H35NO6.C32H26O6.C21H23NO6/c1-24(2)36-20-28(37)23-41-29-13-14-32-33(38)19-34(42-35(32)18-29)27-15-30(39-21-25-9-5-3-6-10-25)17-31(16-27)40-22-26-11-7-4-8-12-26;33-30-17-31(38-32-16-25(11-12-29(30)32)36-20-28-21-37-28)24-13-26(34-18-22-7-3-1-4-8-22)15-27(14-24)35-19-23-9-5-2-6-10-23;1-12(2)22-10-16(25)11-27-17-3-4-18-19(26)9-20(28-21(18)8-17)13-5-14(23)7-15(24)6-13/h3-19,24,28,36-37H,20-23H2,1-2H3;1-17,28H,18-21H2;3-9,12,16,22-25H,10-11H2,1-2H3/t2*28-;16-/m111/s1. The predicted octanol–water partition coefficient (Wildman–Crippen LogP) is 15.4. The molecule has 1 aliphatic heterocycles. The van der Waals surface area contributed by atoms with Gasteiger partial charge in [0.25, 0.3) is 0 Å². The van der Waals surface area contributed by atoms with E-state index in [0.29, 0.717) is 154 Å². The molecule has 1 fully saturated rings. The highest BCUT2D eigenvalue weighted by Gasteiger charge is 2.24. The molecule has 10 aromatic carbocycles. The van der Waals surface area contributed by atoms with Gasteiger partial charge >= 0.3 is 0 Å². The van der Waals surface area contributed by atoms with Crippen molar-refractivity contribution in [3.05, 3.63) is 302 Å². The van der Waals surface area contributed by atoms with Crippen LogP contribution in [-0.2, 0) is 31.2 Å². The Labute approximate surface area is 623 Å². The minimum atomic E-state index is -0.674. The van der Waals surface area contributed by atoms with Gasteiger partial charge in [0, 0.05) is 96.5 Å². The molecule has 0 amide bonds. The number of hydrogen-bond donors (Lipinski definition) is 6. The number of aliphatic hydroxyl groups is 2. The third-order valence-corrected chi connectivity index (χ3v) is 16.9. The van der Waals surface area contributed by atoms with Crippen LogP contribution in [0.15, 0.2) is 276 Å². The van der Waals surface area contributed by atoms with E-state index in [1.54, 1.807) is 54.6 Å². The number of phenols is 2. The zero-order valence-electron chi connectivity index (χ0n) is 60.1. The molecule has 20 heteroatoms. The number of nitrogens with one attached hydrogen (secondary N) is 2. The molecule has 0 saturated carbocycles. The van der Waals surface area contributed by atoms with E-state index >= 15 is 0 Å². The summed E-state index contributed by atoms with van der Waals surface area (Å²) in [6, 6.07) is 74.6. The van der Waals surface area contributed by atoms with Gasteiger partial charge in [0.15, 0.2) is 16.3 Å². The number of fused-ring (bicyclic) bond motifs is 3. The zero-order valence-corrected chi connectivity index (χ0v) is 60.1. The van der Waals surface area contributed by atoms with Crippen molar-refractivity contribution in [2.45, 2.75) is 84.5 Å². The molecule has 108 heavy (non-hydrogen) atoms. The fraction of sp³-hybridized carbons (Fsp3) is 0.216. The number of rotatable bonds is 30. The maximum absolute atomic E-state index is 13.1. The lowest BCUT2D eigenvalue weighted by Crippen LogP contribution is -2.35. The summed E-state index contributed by atoms with van der Waals surface area (Å²) in [5, 5.41) is 47.1. The van der Waals surface area contributed by atoms with Crippen LogP contribution >= 0.6 is 0 Å². The van der Waals surface area contributed by atoms with E-state index in [1.807, 2.05) is 185 Å². The molecule has 0 aliphatic carbocycles. The quantitative estimate of drug-likeness (QED) is 0.0228. The fourth-order valence-corrected chi connectivity index (χ4v) is 11.2. The van der Waals surface area contributed by atoms with Crippen LogP contribution in [0.1, 0.15) is 49.9 Å². The molecule has 20 nitrogen and oxygen atoms in total. The second kappa shape index (κ2) is 36.7. The fourth-order valence-electron chi connectivity index (χ4n) is 11.2. The molecular formula is C88H84N2O18. The summed E-state index contributed by atoms with van der Waals surface area (Å²) in [5.41, 5.74) is 6.41. The second-order valence-electron chi connectivity index (χ2n) is 26.4. The molecule has 13 aromatic rings. The highest BCUT2D eigenvalue weighted by Crippen LogP contribution is 2.36. The summed E-state index contributed by atoms with van der Waals surface area (Å²) >= 11 is 0. The number of hydrogen-bond acceptors (Lipinski definition) is 20. The molecule has 3 aromatic heterocycles. The number of epoxide rings is 1. The second-order valence-corrected chi connectivity index (χ2v) is 26.4. The molecule has 0 spiro atoms. The first kappa shape index (κ1) is 75.5. The minimum absolute atomic E-state index is 0.0928. The van der Waals surface area contributed by atoms with E-state index in [4.69, 9.17) is 51.1 Å². The third-order valence-electron chi connectivity index (χ3n) is 16.9. The summed E-state index contributed by atoms with van der Waals surface area (Å²) in [6.07, 6.45) is -1.21. The average molecular weight is 1460 g/mol. The van der Waals surface area contributed by atoms with Gasteiger partial charge in [-0.1, -0.05) is 149 Å². The molecule has 554 valence electrons. The largest absolute Gasteiger partial charge is 0.508 e. The molecule has 6 N–H and O–H groups in total. The molecule has 1 aliphatic rings. The van der Waals surface area contributed by atoms with E-state index < -0.39 is 12.2 Å². The van der Waals surface area contributed by atoms with Crippen molar-refractivity contribution < 1.29 is 71.6 Å². The van der Waals surface area contributed by atoms with Crippen molar-refractivity contribution in [2.24, 2.45) is 0 Å². The Morgan fingerprint density at radius 1 is 0.361 bits per heavy atom. The van der Waals surface area contributed by atoms with Gasteiger partial charge in [-0.2, -0.15) is 0 Å². The van der Waals surface area contributed by atoms with Crippen molar-refractivity contribution in [3.63, 3.8) is 0 Å². The van der Waals surface area contributed by atoms with Crippen LogP contribution in [0.5, 0.6) is 51.7 Å². The Kier molecular flexibility index (Phi) is 25.7. The van der Waals surface area contributed by atoms with Crippen LogP contribution in [0, 0.1) is 0 Å². The number of aromatic hydroxyl groups is 2. The van der Waals surface area contributed by atoms with Gasteiger partial charge in [-0.15, -0.1) is 0 Å². The van der Waals surface area contributed by atoms with E-state index in [1.165, 1.54) is 36.4 Å². The van der Waals surface area contributed by atoms with Crippen molar-refractivity contribution >= 4 is 32.9 Å². The summed E-state index contributed by atoms with van der Waals surface area (Å²) < 4.78 is 65.1. The van der Waals surface area contributed by atoms with Gasteiger partial charge in [0.05, 0.1) is 22.8 Å². The first-order valence-corrected chi connectivity index (χ1v) is 35.5. The van der Waals surface area contributed by atoms with Gasteiger partial charge in [-0.05, 0) is 95.1 Å². The summed E-state index contributed by atoms with van der Waals surface area (Å²) in [5.74, 6) is 4.69. The van der Waals surface area contributed by atoms with E-state index in [-0.39, 0.29) is 64.9 Å². The molecule has 4 heterocycles. The van der Waals surface area contributed by atoms with Crippen molar-refractivity contribution in [3.8, 4) is 85.7 Å². The first-order chi connectivity index (χ1) is 52.4. The molecule has 0 radical (unpaired) electrons. The third kappa shape index (κ3) is 22.2. The Hall–Kier alpha value is -12.2. The smallest absolute Gasteiger partial charge is 0.193 e. The van der Waals surface area contributed by atoms with Gasteiger partial charge in [-0.25, -0.2) is 0 Å². The Morgan fingerprint density at radius 2 is 0.667 bits per heavy atom. The van der Waals surface area contributed by atoms with Crippen LogP contribution in [-0.4, -0.2) is 90.3 Å². The molecular weight excluding hydrogens is 1370 g/mol. The lowest BCUT2D eigenvalue weighted by atomic mass is 10.1. The van der Waals surface area contributed by atoms with Gasteiger partial charge in [-0.3, -0.25) is 14.4 Å². The normalized spacial score (nSPS) is 12.9. The van der Waals surface area contributed by atoms with Crippen LogP contribution in [0.25, 0.3) is 66.9 Å². The van der Waals surface area contributed by atoms with Crippen LogP contribution in [0.4, 0.5) is 0 Å². The van der Waals surface area contributed by atoms with E-state index in [2.05, 4.69) is 10.6 Å². The van der Waals surface area contributed by atoms with Gasteiger partial charge in [0.1, 0.15) is 150 Å². The lowest BCUT2D eigenvalue weighted by molar-refractivity contribution is 0.104. The van der Waals surface area contributed by atoms with Crippen molar-refractivity contribution in [1.82, 2.24) is 10.6 Å². The molecule has 3 atom stereocenters. The summed E-state index contributed by atoms with van der Waals surface area (Å²) in [7, 11) is 0. The van der Waals surface area contributed by atoms with Crippen LogP contribution in [0.2, 0.25) is 0 Å². The summed E-state index contributed by atoms with van der Waals surface area (Å²) in [6.45, 7) is 11.8. The highest BCUT2D eigenvalue weighted by atomic mass is 16.6. The van der Waals surface area contributed by atoms with Crippen LogP contribution in [0.3, 0.4) is 0 Å². The van der Waals surface area contributed by atoms with Gasteiger partial charge < -0.3 is 82.2 Å². The number of aliphatic hydroxyl groups excluding tert-OH is 2. The van der Waals surface area contributed by atoms with E-state index in [9.17, 15) is 34.8 Å². The molecule has 0 bridgehead atoms. The zero-order chi connectivity index (χ0) is 75.3. The van der Waals surface area contributed by atoms with E-state index in [0.717, 1.165) is 22.3 Å². The number of benzene rings is 10. The number of phenolic OH excluding ortho intramolecular Hbond substituents is 2. The Morgan fingerprint density at radius 3 is 0.972 bits per heavy atom. The topological polar surface area (TPSA) is 273 Å². The Bertz CT molecular complexity index is 5160. The molecule has 14 rings (SSSR count). The maximum atomic E-state index is 13.1. The SMILES string of the molecule is CC(C)NC[C@@H](O)COc1ccc2c(=O)cc(-c3cc(O)cc(O)c3)oc2c1.CC(C)NC[C@@H](O)COc1ccc2c(=O)cc(-c3cc(OCc4ccccc4)cc(OCc4ccccc4)c3)oc2c1.O=c1cc(-c2cc(OCc3ccccc3)cc(OCc3ccccc3)c2)oc2cc(OC[C@@H]3CO3)ccc12. The monoisotopic (exact) mass is 1460 g/mol. The number of ether oxygens (including phenoxy) is 8. The molecule has 0 unspecified atom stereocenters. The van der Waals surface area contributed by atoms with Gasteiger partial charge in [0.2, 0.25) is 0 Å². The van der Waals surface area contributed by atoms with Crippen molar-refractivity contribution in [2.75, 3.05) is 39.5 Å². The van der Waals surface area contributed by atoms with Crippen LogP contribution < -0.4 is 60.1 Å². The molecule has 1 saturated heterocycles. The average Bonchev–Trinajstić information content (AvgIpc) is 0.889. The van der Waals surface area contributed by atoms with Crippen molar-refractivity contribution in [1.29, 1.82) is 0 Å². The highest BCUT2D eigenvalue weighted by molar-refractivity contribution is 5.83. The maximum Gasteiger partial charge on any atom is 0.193 e. The summed E-state index contributed by atoms with van der Waals surface area (Å²) in [4.78, 5) is 38.4. The first-order valence-electron chi connectivity index (χ1n) is 35.5. The Balaban J connectivity index is 0.000000154.